The minimum atomic E-state index is -0.580. The van der Waals surface area contributed by atoms with Crippen LogP contribution in [-0.4, -0.2) is 0 Å². The molecule has 0 aromatic heterocycles. The van der Waals surface area contributed by atoms with Crippen molar-refractivity contribution < 1.29 is 8.78 Å². The summed E-state index contributed by atoms with van der Waals surface area (Å²) in [6.07, 6.45) is 4.58. The average Bonchev–Trinajstić information content (AvgIpc) is 2.50. The van der Waals surface area contributed by atoms with Crippen molar-refractivity contribution in [3.8, 4) is 0 Å². The van der Waals surface area contributed by atoms with E-state index in [9.17, 15) is 8.78 Å². The first kappa shape index (κ1) is 14.2. The second-order valence-corrected chi connectivity index (χ2v) is 5.84. The third kappa shape index (κ3) is 2.70. The topological polar surface area (TPSA) is 26.0 Å². The average molecular weight is 287 g/mol. The van der Waals surface area contributed by atoms with Crippen LogP contribution in [0.4, 0.5) is 8.78 Å². The second kappa shape index (κ2) is 5.57. The summed E-state index contributed by atoms with van der Waals surface area (Å²) in [6.45, 7) is 1.62. The quantitative estimate of drug-likeness (QED) is 0.880. The minimum absolute atomic E-state index is 0.352. The van der Waals surface area contributed by atoms with Gasteiger partial charge in [-0.25, -0.2) is 8.78 Å². The van der Waals surface area contributed by atoms with Gasteiger partial charge in [-0.05, 0) is 60.9 Å². The van der Waals surface area contributed by atoms with Crippen molar-refractivity contribution in [1.82, 2.24) is 0 Å². The summed E-state index contributed by atoms with van der Waals surface area (Å²) in [4.78, 5) is 0. The number of hydrogen-bond acceptors (Lipinski definition) is 1. The van der Waals surface area contributed by atoms with Crippen LogP contribution in [0.25, 0.3) is 0 Å². The highest BCUT2D eigenvalue weighted by Crippen LogP contribution is 2.28. The highest BCUT2D eigenvalue weighted by molar-refractivity contribution is 5.40. The molecule has 0 saturated heterocycles. The van der Waals surface area contributed by atoms with E-state index in [0.29, 0.717) is 11.1 Å². The van der Waals surface area contributed by atoms with Crippen LogP contribution < -0.4 is 5.73 Å². The van der Waals surface area contributed by atoms with E-state index < -0.39 is 17.7 Å². The van der Waals surface area contributed by atoms with Crippen LogP contribution in [-0.2, 0) is 12.8 Å². The van der Waals surface area contributed by atoms with E-state index in [4.69, 9.17) is 5.73 Å². The molecule has 0 heterocycles. The van der Waals surface area contributed by atoms with Crippen molar-refractivity contribution in [2.75, 3.05) is 0 Å². The van der Waals surface area contributed by atoms with E-state index in [-0.39, 0.29) is 0 Å². The number of aryl methyl sites for hydroxylation is 3. The molecular formula is C18H19F2N. The van der Waals surface area contributed by atoms with E-state index in [0.717, 1.165) is 24.5 Å². The number of hydrogen-bond donors (Lipinski definition) is 1. The summed E-state index contributed by atoms with van der Waals surface area (Å²) in [5.41, 5.74) is 10.5. The Bertz CT molecular complexity index is 679. The predicted octanol–water partition coefficient (Wildman–Crippen LogP) is 4.20. The smallest absolute Gasteiger partial charge is 0.131 e. The van der Waals surface area contributed by atoms with Crippen molar-refractivity contribution in [3.63, 3.8) is 0 Å². The highest BCUT2D eigenvalue weighted by atomic mass is 19.1. The fraction of sp³-hybridized carbons (Fsp3) is 0.333. The summed E-state index contributed by atoms with van der Waals surface area (Å²) in [5.74, 6) is -1.11. The molecule has 0 amide bonds. The Kier molecular flexibility index (Phi) is 3.77. The zero-order valence-corrected chi connectivity index (χ0v) is 12.1. The number of rotatable bonds is 2. The van der Waals surface area contributed by atoms with Crippen LogP contribution in [0.3, 0.4) is 0 Å². The second-order valence-electron chi connectivity index (χ2n) is 5.84. The summed E-state index contributed by atoms with van der Waals surface area (Å²) in [6, 6.07) is 8.01. The Morgan fingerprint density at radius 2 is 1.67 bits per heavy atom. The van der Waals surface area contributed by atoms with Gasteiger partial charge in [-0.2, -0.15) is 0 Å². The Hall–Kier alpha value is -1.74. The minimum Gasteiger partial charge on any atom is -0.320 e. The number of nitrogens with two attached hydrogens (primary N) is 1. The van der Waals surface area contributed by atoms with Gasteiger partial charge in [0.05, 0.1) is 6.04 Å². The van der Waals surface area contributed by atoms with Crippen LogP contribution >= 0.6 is 0 Å². The lowest BCUT2D eigenvalue weighted by molar-refractivity contribution is 0.560. The maximum Gasteiger partial charge on any atom is 0.131 e. The van der Waals surface area contributed by atoms with Gasteiger partial charge < -0.3 is 5.73 Å². The van der Waals surface area contributed by atoms with E-state index in [1.807, 2.05) is 6.07 Å². The molecule has 1 aliphatic carbocycles. The van der Waals surface area contributed by atoms with Crippen LogP contribution in [0.2, 0.25) is 0 Å². The molecule has 2 aromatic carbocycles. The lowest BCUT2D eigenvalue weighted by Gasteiger charge is -2.20. The van der Waals surface area contributed by atoms with Gasteiger partial charge in [0.25, 0.3) is 0 Å². The first-order chi connectivity index (χ1) is 10.1. The van der Waals surface area contributed by atoms with E-state index in [1.165, 1.54) is 30.0 Å². The van der Waals surface area contributed by atoms with Gasteiger partial charge in [0, 0.05) is 11.6 Å². The SMILES string of the molecule is Cc1cc(C(N)c2ccc3c(c2)CCCC3)c(F)cc1F. The van der Waals surface area contributed by atoms with E-state index in [1.54, 1.807) is 6.92 Å². The molecular weight excluding hydrogens is 268 g/mol. The van der Waals surface area contributed by atoms with E-state index in [2.05, 4.69) is 12.1 Å². The Morgan fingerprint density at radius 3 is 2.43 bits per heavy atom. The third-order valence-electron chi connectivity index (χ3n) is 4.34. The standard InChI is InChI=1S/C18H19F2N/c1-11-8-15(17(20)10-16(11)19)18(21)14-7-6-12-4-2-3-5-13(12)9-14/h6-10,18H,2-5,21H2,1H3. The number of benzene rings is 2. The van der Waals surface area contributed by atoms with Crippen molar-refractivity contribution >= 4 is 0 Å². The van der Waals surface area contributed by atoms with Gasteiger partial charge in [-0.15, -0.1) is 0 Å². The summed E-state index contributed by atoms with van der Waals surface area (Å²) in [5, 5.41) is 0. The molecule has 1 aliphatic rings. The first-order valence-electron chi connectivity index (χ1n) is 7.39. The van der Waals surface area contributed by atoms with Gasteiger partial charge in [-0.1, -0.05) is 18.2 Å². The Labute approximate surface area is 123 Å². The lowest BCUT2D eigenvalue weighted by Crippen LogP contribution is -2.15. The van der Waals surface area contributed by atoms with Crippen molar-refractivity contribution in [2.24, 2.45) is 5.73 Å². The van der Waals surface area contributed by atoms with Crippen molar-refractivity contribution in [3.05, 3.63) is 69.8 Å². The van der Waals surface area contributed by atoms with Crippen LogP contribution in [0.1, 0.15) is 46.7 Å². The molecule has 1 nitrogen and oxygen atoms in total. The molecule has 0 saturated carbocycles. The van der Waals surface area contributed by atoms with Gasteiger partial charge in [0.1, 0.15) is 11.6 Å². The molecule has 0 radical (unpaired) electrons. The van der Waals surface area contributed by atoms with Crippen molar-refractivity contribution in [1.29, 1.82) is 0 Å². The highest BCUT2D eigenvalue weighted by Gasteiger charge is 2.18. The molecule has 2 aromatic rings. The molecule has 3 heteroatoms. The van der Waals surface area contributed by atoms with Crippen LogP contribution in [0.15, 0.2) is 30.3 Å². The summed E-state index contributed by atoms with van der Waals surface area (Å²) < 4.78 is 27.4. The Morgan fingerprint density at radius 1 is 0.952 bits per heavy atom. The molecule has 0 fully saturated rings. The molecule has 0 spiro atoms. The summed E-state index contributed by atoms with van der Waals surface area (Å²) in [7, 11) is 0. The Balaban J connectivity index is 1.98. The largest absolute Gasteiger partial charge is 0.320 e. The molecule has 21 heavy (non-hydrogen) atoms. The molecule has 1 atom stereocenters. The first-order valence-corrected chi connectivity index (χ1v) is 7.39. The molecule has 0 bridgehead atoms. The third-order valence-corrected chi connectivity index (χ3v) is 4.34. The zero-order chi connectivity index (χ0) is 15.0. The molecule has 3 rings (SSSR count). The summed E-state index contributed by atoms with van der Waals surface area (Å²) >= 11 is 0. The monoisotopic (exact) mass is 287 g/mol. The molecule has 1 unspecified atom stereocenters. The van der Waals surface area contributed by atoms with Crippen LogP contribution in [0, 0.1) is 18.6 Å². The molecule has 0 aliphatic heterocycles. The van der Waals surface area contributed by atoms with Gasteiger partial charge in [0.15, 0.2) is 0 Å². The van der Waals surface area contributed by atoms with Gasteiger partial charge in [-0.3, -0.25) is 0 Å². The zero-order valence-electron chi connectivity index (χ0n) is 12.1. The predicted molar refractivity (Wildman–Crippen MR) is 80.2 cm³/mol. The fourth-order valence-corrected chi connectivity index (χ4v) is 3.04. The van der Waals surface area contributed by atoms with Gasteiger partial charge in [0.2, 0.25) is 0 Å². The lowest BCUT2D eigenvalue weighted by atomic mass is 9.88. The number of halogens is 2. The van der Waals surface area contributed by atoms with Crippen LogP contribution in [0.5, 0.6) is 0 Å². The molecule has 110 valence electrons. The van der Waals surface area contributed by atoms with Crippen molar-refractivity contribution in [2.45, 2.75) is 38.6 Å². The molecule has 2 N–H and O–H groups in total. The number of fused-ring (bicyclic) bond motifs is 1. The fourth-order valence-electron chi connectivity index (χ4n) is 3.04. The normalized spacial score (nSPS) is 15.6. The van der Waals surface area contributed by atoms with E-state index >= 15 is 0 Å². The maximum atomic E-state index is 14.0. The van der Waals surface area contributed by atoms with Gasteiger partial charge >= 0.3 is 0 Å². The maximum absolute atomic E-state index is 14.0.